The van der Waals surface area contributed by atoms with Gasteiger partial charge < -0.3 is 10.6 Å². The maximum atomic E-state index is 13.1. The fraction of sp³-hybridized carbons (Fsp3) is 0.0526. The van der Waals surface area contributed by atoms with Crippen molar-refractivity contribution in [3.8, 4) is 0 Å². The van der Waals surface area contributed by atoms with Gasteiger partial charge in [-0.15, -0.1) is 11.3 Å². The van der Waals surface area contributed by atoms with Crippen molar-refractivity contribution in [1.82, 2.24) is 0 Å². The van der Waals surface area contributed by atoms with Crippen LogP contribution in [0.4, 0.5) is 15.1 Å². The third-order valence-electron chi connectivity index (χ3n) is 3.71. The van der Waals surface area contributed by atoms with Crippen LogP contribution in [0.2, 0.25) is 15.1 Å². The first-order valence-corrected chi connectivity index (χ1v) is 9.83. The number of nitrogens with one attached hydrogen (secondary N) is 2. The highest BCUT2D eigenvalue weighted by molar-refractivity contribution is 7.18. The Hall–Kier alpha value is -2.12. The summed E-state index contributed by atoms with van der Waals surface area (Å²) < 4.78 is 13.1. The van der Waals surface area contributed by atoms with E-state index in [9.17, 15) is 14.0 Å². The van der Waals surface area contributed by atoms with Crippen LogP contribution in [0, 0.1) is 12.7 Å². The van der Waals surface area contributed by atoms with Gasteiger partial charge in [0.25, 0.3) is 11.8 Å². The van der Waals surface area contributed by atoms with Crippen molar-refractivity contribution in [3.05, 3.63) is 79.4 Å². The summed E-state index contributed by atoms with van der Waals surface area (Å²) in [5, 5.41) is 6.60. The van der Waals surface area contributed by atoms with E-state index in [-0.39, 0.29) is 16.5 Å². The summed E-state index contributed by atoms with van der Waals surface area (Å²) in [6.07, 6.45) is 0. The highest BCUT2D eigenvalue weighted by atomic mass is 35.5. The largest absolute Gasteiger partial charge is 0.320 e. The first kappa shape index (κ1) is 20.6. The van der Waals surface area contributed by atoms with Crippen molar-refractivity contribution in [1.29, 1.82) is 0 Å². The van der Waals surface area contributed by atoms with Gasteiger partial charge in [0.2, 0.25) is 0 Å². The number of amides is 2. The fourth-order valence-corrected chi connectivity index (χ4v) is 3.95. The molecule has 0 aliphatic carbocycles. The van der Waals surface area contributed by atoms with Crippen LogP contribution < -0.4 is 10.6 Å². The second-order valence-corrected chi connectivity index (χ2v) is 8.08. The van der Waals surface area contributed by atoms with E-state index in [0.717, 1.165) is 23.5 Å². The molecule has 0 atom stereocenters. The van der Waals surface area contributed by atoms with E-state index >= 15 is 0 Å². The number of carbonyl (C=O) groups excluding carboxylic acids is 2. The van der Waals surface area contributed by atoms with Crippen molar-refractivity contribution in [2.45, 2.75) is 6.92 Å². The van der Waals surface area contributed by atoms with E-state index in [1.807, 2.05) is 0 Å². The number of anilines is 2. The lowest BCUT2D eigenvalue weighted by molar-refractivity contribution is 0.102. The standard InChI is InChI=1S/C19H12Cl3FN2O2S/c1-9-6-16(25-18(26)12-4-3-11(23)8-14(12)22)28-17(9)19(27)24-15-7-10(20)2-5-13(15)21/h2-8H,1H3,(H,24,27)(H,25,26). The number of halogens is 4. The van der Waals surface area contributed by atoms with Crippen molar-refractivity contribution in [3.63, 3.8) is 0 Å². The second-order valence-electron chi connectivity index (χ2n) is 5.78. The topological polar surface area (TPSA) is 58.2 Å². The molecule has 0 spiro atoms. The van der Waals surface area contributed by atoms with Gasteiger partial charge in [-0.1, -0.05) is 34.8 Å². The monoisotopic (exact) mass is 456 g/mol. The van der Waals surface area contributed by atoms with E-state index in [2.05, 4.69) is 10.6 Å². The minimum absolute atomic E-state index is 0.000609. The molecule has 0 radical (unpaired) electrons. The average Bonchev–Trinajstić information content (AvgIpc) is 2.98. The summed E-state index contributed by atoms with van der Waals surface area (Å²) in [4.78, 5) is 25.3. The SMILES string of the molecule is Cc1cc(NC(=O)c2ccc(F)cc2Cl)sc1C(=O)Nc1cc(Cl)ccc1Cl. The molecule has 0 aliphatic heterocycles. The first-order chi connectivity index (χ1) is 13.2. The Kier molecular flexibility index (Phi) is 6.25. The van der Waals surface area contributed by atoms with Gasteiger partial charge in [-0.3, -0.25) is 9.59 Å². The lowest BCUT2D eigenvalue weighted by atomic mass is 10.2. The van der Waals surface area contributed by atoms with Gasteiger partial charge in [0.05, 0.1) is 31.2 Å². The highest BCUT2D eigenvalue weighted by Gasteiger charge is 2.18. The Labute approximate surface area is 179 Å². The molecule has 4 nitrogen and oxygen atoms in total. The molecule has 1 heterocycles. The van der Waals surface area contributed by atoms with Crippen LogP contribution in [0.1, 0.15) is 25.6 Å². The van der Waals surface area contributed by atoms with E-state index in [0.29, 0.717) is 31.2 Å². The predicted octanol–water partition coefficient (Wildman–Crippen LogP) is 6.66. The summed E-state index contributed by atoms with van der Waals surface area (Å²) in [6, 6.07) is 9.90. The normalized spacial score (nSPS) is 10.6. The van der Waals surface area contributed by atoms with Gasteiger partial charge in [-0.05, 0) is 55.0 Å². The van der Waals surface area contributed by atoms with Crippen LogP contribution in [0.15, 0.2) is 42.5 Å². The average molecular weight is 458 g/mol. The lowest BCUT2D eigenvalue weighted by Crippen LogP contribution is -2.12. The number of benzene rings is 2. The molecule has 2 N–H and O–H groups in total. The maximum absolute atomic E-state index is 13.1. The van der Waals surface area contributed by atoms with Crippen molar-refractivity contribution in [2.24, 2.45) is 0 Å². The number of aryl methyl sites for hydroxylation is 1. The molecule has 0 bridgehead atoms. The molecule has 9 heteroatoms. The summed E-state index contributed by atoms with van der Waals surface area (Å²) in [7, 11) is 0. The lowest BCUT2D eigenvalue weighted by Gasteiger charge is -2.07. The molecular weight excluding hydrogens is 446 g/mol. The molecular formula is C19H12Cl3FN2O2S. The molecule has 0 saturated carbocycles. The molecule has 28 heavy (non-hydrogen) atoms. The number of hydrogen-bond acceptors (Lipinski definition) is 3. The molecule has 3 rings (SSSR count). The van der Waals surface area contributed by atoms with E-state index in [1.54, 1.807) is 31.2 Å². The summed E-state index contributed by atoms with van der Waals surface area (Å²) in [6.45, 7) is 1.74. The van der Waals surface area contributed by atoms with Crippen LogP contribution in [-0.2, 0) is 0 Å². The quantitative estimate of drug-likeness (QED) is 0.460. The van der Waals surface area contributed by atoms with E-state index in [4.69, 9.17) is 34.8 Å². The third-order valence-corrected chi connectivity index (χ3v) is 5.74. The Morgan fingerprint density at radius 3 is 2.39 bits per heavy atom. The predicted molar refractivity (Wildman–Crippen MR) is 113 cm³/mol. The second kappa shape index (κ2) is 8.49. The molecule has 2 amide bonds. The van der Waals surface area contributed by atoms with E-state index < -0.39 is 11.7 Å². The Bertz CT molecular complexity index is 1090. The van der Waals surface area contributed by atoms with Crippen molar-refractivity contribution < 1.29 is 14.0 Å². The Balaban J connectivity index is 1.78. The van der Waals surface area contributed by atoms with Crippen LogP contribution >= 0.6 is 46.1 Å². The third kappa shape index (κ3) is 4.64. The van der Waals surface area contributed by atoms with Crippen LogP contribution in [0.5, 0.6) is 0 Å². The highest BCUT2D eigenvalue weighted by Crippen LogP contribution is 2.31. The van der Waals surface area contributed by atoms with Gasteiger partial charge in [-0.25, -0.2) is 4.39 Å². The Morgan fingerprint density at radius 2 is 1.68 bits per heavy atom. The molecule has 1 aromatic heterocycles. The zero-order valence-electron chi connectivity index (χ0n) is 14.3. The molecule has 0 fully saturated rings. The summed E-state index contributed by atoms with van der Waals surface area (Å²) in [5.74, 6) is -1.42. The van der Waals surface area contributed by atoms with Gasteiger partial charge in [0.1, 0.15) is 5.82 Å². The minimum atomic E-state index is -0.535. The molecule has 0 saturated heterocycles. The number of thiophene rings is 1. The number of carbonyl (C=O) groups is 2. The van der Waals surface area contributed by atoms with Crippen LogP contribution in [-0.4, -0.2) is 11.8 Å². The molecule has 3 aromatic rings. The zero-order valence-corrected chi connectivity index (χ0v) is 17.4. The number of hydrogen-bond donors (Lipinski definition) is 2. The van der Waals surface area contributed by atoms with Crippen LogP contribution in [0.25, 0.3) is 0 Å². The number of rotatable bonds is 4. The van der Waals surface area contributed by atoms with Gasteiger partial charge >= 0.3 is 0 Å². The maximum Gasteiger partial charge on any atom is 0.266 e. The molecule has 0 unspecified atom stereocenters. The van der Waals surface area contributed by atoms with Crippen molar-refractivity contribution in [2.75, 3.05) is 10.6 Å². The summed E-state index contributed by atoms with van der Waals surface area (Å²) >= 11 is 19.0. The molecule has 0 aliphatic rings. The van der Waals surface area contributed by atoms with E-state index in [1.165, 1.54) is 6.07 Å². The molecule has 144 valence electrons. The van der Waals surface area contributed by atoms with Gasteiger partial charge in [-0.2, -0.15) is 0 Å². The Morgan fingerprint density at radius 1 is 0.929 bits per heavy atom. The fourth-order valence-electron chi connectivity index (χ4n) is 2.39. The minimum Gasteiger partial charge on any atom is -0.320 e. The zero-order chi connectivity index (χ0) is 20.4. The first-order valence-electron chi connectivity index (χ1n) is 7.88. The van der Waals surface area contributed by atoms with Crippen molar-refractivity contribution >= 4 is 68.6 Å². The van der Waals surface area contributed by atoms with Gasteiger partial charge in [0, 0.05) is 5.02 Å². The summed E-state index contributed by atoms with van der Waals surface area (Å²) in [5.41, 5.74) is 1.18. The van der Waals surface area contributed by atoms with Gasteiger partial charge in [0.15, 0.2) is 0 Å². The van der Waals surface area contributed by atoms with Crippen LogP contribution in [0.3, 0.4) is 0 Å². The smallest absolute Gasteiger partial charge is 0.266 e. The molecule has 2 aromatic carbocycles.